The van der Waals surface area contributed by atoms with Crippen molar-refractivity contribution in [1.29, 1.82) is 0 Å². The second kappa shape index (κ2) is 8.39. The molecule has 0 aliphatic heterocycles. The summed E-state index contributed by atoms with van der Waals surface area (Å²) in [5, 5.41) is 1.75. The van der Waals surface area contributed by atoms with Gasteiger partial charge in [-0.2, -0.15) is 0 Å². The van der Waals surface area contributed by atoms with Crippen molar-refractivity contribution in [1.82, 2.24) is 9.55 Å². The molecule has 1 N–H and O–H groups in total. The zero-order chi connectivity index (χ0) is 20.3. The van der Waals surface area contributed by atoms with Crippen molar-refractivity contribution in [3.05, 3.63) is 77.4 Å². The summed E-state index contributed by atoms with van der Waals surface area (Å²) in [4.78, 5) is 4.81. The number of thiophene rings is 1. The Hall–Kier alpha value is -2.64. The van der Waals surface area contributed by atoms with Crippen LogP contribution in [0.15, 0.2) is 70.3 Å². The Morgan fingerprint density at radius 2 is 1.79 bits per heavy atom. The average Bonchev–Trinajstić information content (AvgIpc) is 3.37. The third-order valence-electron chi connectivity index (χ3n) is 4.78. The van der Waals surface area contributed by atoms with E-state index in [0.29, 0.717) is 9.90 Å². The Labute approximate surface area is 175 Å². The van der Waals surface area contributed by atoms with Gasteiger partial charge in [0, 0.05) is 18.7 Å². The number of fused-ring (bicyclic) bond motifs is 1. The lowest BCUT2D eigenvalue weighted by Crippen LogP contribution is -2.11. The Morgan fingerprint density at radius 1 is 1.00 bits per heavy atom. The van der Waals surface area contributed by atoms with Crippen LogP contribution in [0, 0.1) is 0 Å². The Morgan fingerprint density at radius 3 is 2.52 bits per heavy atom. The van der Waals surface area contributed by atoms with Crippen LogP contribution >= 0.6 is 11.3 Å². The van der Waals surface area contributed by atoms with Gasteiger partial charge in [-0.05, 0) is 54.1 Å². The van der Waals surface area contributed by atoms with E-state index in [1.54, 1.807) is 17.5 Å². The van der Waals surface area contributed by atoms with Gasteiger partial charge in [0.25, 0.3) is 10.0 Å². The van der Waals surface area contributed by atoms with E-state index in [0.717, 1.165) is 42.7 Å². The standard InChI is InChI=1S/C22H23N3O2S2/c1-2-15-25-20-7-4-3-6-19(20)23-21(25)14-11-17-9-12-18(13-10-17)24-29(26,27)22-8-5-16-28-22/h3-10,12-13,16,24H,2,11,14-15H2,1H3. The minimum absolute atomic E-state index is 0.316. The maximum atomic E-state index is 12.3. The summed E-state index contributed by atoms with van der Waals surface area (Å²) in [6.45, 7) is 3.13. The van der Waals surface area contributed by atoms with Crippen LogP contribution in [0.2, 0.25) is 0 Å². The maximum absolute atomic E-state index is 12.3. The molecule has 4 aromatic rings. The molecule has 0 saturated heterocycles. The number of anilines is 1. The molecule has 0 bridgehead atoms. The first-order valence-electron chi connectivity index (χ1n) is 9.66. The summed E-state index contributed by atoms with van der Waals surface area (Å²) < 4.78 is 29.9. The zero-order valence-corrected chi connectivity index (χ0v) is 17.8. The van der Waals surface area contributed by atoms with Gasteiger partial charge in [-0.1, -0.05) is 37.3 Å². The monoisotopic (exact) mass is 425 g/mol. The quantitative estimate of drug-likeness (QED) is 0.427. The highest BCUT2D eigenvalue weighted by molar-refractivity contribution is 7.94. The number of hydrogen-bond donors (Lipinski definition) is 1. The van der Waals surface area contributed by atoms with E-state index in [4.69, 9.17) is 4.98 Å². The number of hydrogen-bond acceptors (Lipinski definition) is 4. The minimum atomic E-state index is -3.51. The van der Waals surface area contributed by atoms with E-state index < -0.39 is 10.0 Å². The van der Waals surface area contributed by atoms with Crippen LogP contribution in [0.3, 0.4) is 0 Å². The topological polar surface area (TPSA) is 64.0 Å². The maximum Gasteiger partial charge on any atom is 0.271 e. The summed E-state index contributed by atoms with van der Waals surface area (Å²) in [6.07, 6.45) is 2.76. The van der Waals surface area contributed by atoms with E-state index >= 15 is 0 Å². The van der Waals surface area contributed by atoms with Crippen LogP contribution < -0.4 is 4.72 Å². The molecule has 2 aromatic heterocycles. The first-order valence-corrected chi connectivity index (χ1v) is 12.0. The summed E-state index contributed by atoms with van der Waals surface area (Å²) in [5.74, 6) is 1.09. The van der Waals surface area contributed by atoms with Crippen LogP contribution in [0.4, 0.5) is 5.69 Å². The van der Waals surface area contributed by atoms with Crippen molar-refractivity contribution in [3.63, 3.8) is 0 Å². The van der Waals surface area contributed by atoms with Crippen molar-refractivity contribution in [2.24, 2.45) is 0 Å². The number of rotatable bonds is 8. The summed E-state index contributed by atoms with van der Waals surface area (Å²) in [7, 11) is -3.51. The van der Waals surface area contributed by atoms with Gasteiger partial charge >= 0.3 is 0 Å². The molecule has 29 heavy (non-hydrogen) atoms. The zero-order valence-electron chi connectivity index (χ0n) is 16.2. The molecular formula is C22H23N3O2S2. The van der Waals surface area contributed by atoms with Gasteiger partial charge in [-0.3, -0.25) is 4.72 Å². The van der Waals surface area contributed by atoms with Crippen LogP contribution in [-0.2, 0) is 29.4 Å². The summed E-state index contributed by atoms with van der Waals surface area (Å²) >= 11 is 1.21. The first-order chi connectivity index (χ1) is 14.1. The van der Waals surface area contributed by atoms with Gasteiger partial charge in [-0.15, -0.1) is 11.3 Å². The van der Waals surface area contributed by atoms with Crippen molar-refractivity contribution in [2.75, 3.05) is 4.72 Å². The molecule has 0 aliphatic rings. The van der Waals surface area contributed by atoms with Crippen LogP contribution in [-0.4, -0.2) is 18.0 Å². The van der Waals surface area contributed by atoms with Crippen molar-refractivity contribution in [2.45, 2.75) is 36.9 Å². The largest absolute Gasteiger partial charge is 0.328 e. The second-order valence-corrected chi connectivity index (χ2v) is 9.76. The highest BCUT2D eigenvalue weighted by Crippen LogP contribution is 2.22. The summed E-state index contributed by atoms with van der Waals surface area (Å²) in [5.41, 5.74) is 3.94. The Balaban J connectivity index is 1.46. The van der Waals surface area contributed by atoms with Crippen molar-refractivity contribution < 1.29 is 8.42 Å². The molecule has 5 nitrogen and oxygen atoms in total. The third kappa shape index (κ3) is 4.36. The first kappa shape index (κ1) is 19.7. The number of sulfonamides is 1. The predicted molar refractivity (Wildman–Crippen MR) is 119 cm³/mol. The molecule has 0 amide bonds. The smallest absolute Gasteiger partial charge is 0.271 e. The fraction of sp³-hybridized carbons (Fsp3) is 0.227. The molecule has 2 heterocycles. The van der Waals surface area contributed by atoms with Crippen LogP contribution in [0.1, 0.15) is 24.7 Å². The molecule has 0 radical (unpaired) electrons. The van der Waals surface area contributed by atoms with E-state index in [1.807, 2.05) is 30.3 Å². The molecular weight excluding hydrogens is 402 g/mol. The number of imidazole rings is 1. The Kier molecular flexibility index (Phi) is 5.69. The molecule has 150 valence electrons. The summed E-state index contributed by atoms with van der Waals surface area (Å²) in [6, 6.07) is 19.2. The van der Waals surface area contributed by atoms with Gasteiger partial charge in [0.15, 0.2) is 0 Å². The van der Waals surface area contributed by atoms with E-state index in [9.17, 15) is 8.42 Å². The van der Waals surface area contributed by atoms with Crippen LogP contribution in [0.5, 0.6) is 0 Å². The molecule has 2 aromatic carbocycles. The SMILES string of the molecule is CCCn1c(CCc2ccc(NS(=O)(=O)c3cccs3)cc2)nc2ccccc21. The lowest BCUT2D eigenvalue weighted by Gasteiger charge is -2.09. The number of aryl methyl sites for hydroxylation is 3. The highest BCUT2D eigenvalue weighted by Gasteiger charge is 2.15. The number of nitrogens with zero attached hydrogens (tertiary/aromatic N) is 2. The van der Waals surface area contributed by atoms with Gasteiger partial charge in [0.05, 0.1) is 11.0 Å². The Bertz CT molecular complexity index is 1190. The molecule has 4 rings (SSSR count). The molecule has 0 unspecified atom stereocenters. The van der Waals surface area contributed by atoms with Gasteiger partial charge < -0.3 is 4.57 Å². The van der Waals surface area contributed by atoms with Crippen LogP contribution in [0.25, 0.3) is 11.0 Å². The van der Waals surface area contributed by atoms with Gasteiger partial charge in [0.1, 0.15) is 10.0 Å². The van der Waals surface area contributed by atoms with Gasteiger partial charge in [-0.25, -0.2) is 13.4 Å². The van der Waals surface area contributed by atoms with E-state index in [2.05, 4.69) is 34.4 Å². The lowest BCUT2D eigenvalue weighted by atomic mass is 10.1. The molecule has 0 spiro atoms. The molecule has 0 saturated carbocycles. The third-order valence-corrected chi connectivity index (χ3v) is 7.56. The molecule has 7 heteroatoms. The molecule has 0 fully saturated rings. The fourth-order valence-electron chi connectivity index (χ4n) is 3.41. The molecule has 0 aliphatic carbocycles. The van der Waals surface area contributed by atoms with Gasteiger partial charge in [0.2, 0.25) is 0 Å². The number of para-hydroxylation sites is 2. The molecule has 0 atom stereocenters. The number of benzene rings is 2. The average molecular weight is 426 g/mol. The fourth-order valence-corrected chi connectivity index (χ4v) is 5.46. The lowest BCUT2D eigenvalue weighted by molar-refractivity contribution is 0.603. The number of aromatic nitrogens is 2. The highest BCUT2D eigenvalue weighted by atomic mass is 32.2. The minimum Gasteiger partial charge on any atom is -0.328 e. The number of nitrogens with one attached hydrogen (secondary N) is 1. The predicted octanol–water partition coefficient (Wildman–Crippen LogP) is 5.09. The van der Waals surface area contributed by atoms with E-state index in [-0.39, 0.29) is 0 Å². The van der Waals surface area contributed by atoms with Crippen molar-refractivity contribution in [3.8, 4) is 0 Å². The second-order valence-electron chi connectivity index (χ2n) is 6.90. The normalized spacial score (nSPS) is 11.8. The van der Waals surface area contributed by atoms with Crippen molar-refractivity contribution >= 4 is 38.1 Å². The van der Waals surface area contributed by atoms with E-state index in [1.165, 1.54) is 16.9 Å².